The highest BCUT2D eigenvalue weighted by Crippen LogP contribution is 2.08. The molecule has 1 N–H and O–H groups in total. The second kappa shape index (κ2) is 8.32. The largest absolute Gasteiger partial charge is 0.391 e. The molecule has 2 atom stereocenters. The van der Waals surface area contributed by atoms with Crippen LogP contribution in [-0.4, -0.2) is 36.0 Å². The van der Waals surface area contributed by atoms with Gasteiger partial charge in [0.1, 0.15) is 0 Å². The van der Waals surface area contributed by atoms with Gasteiger partial charge in [0.25, 0.3) is 0 Å². The Hall–Kier alpha value is -1.28. The van der Waals surface area contributed by atoms with Gasteiger partial charge in [-0.1, -0.05) is 0 Å². The maximum absolute atomic E-state index is 9.98. The molecule has 14 heavy (non-hydrogen) atoms. The lowest BCUT2D eigenvalue weighted by molar-refractivity contribution is 0.158. The highest BCUT2D eigenvalue weighted by molar-refractivity contribution is 5.33. The molecule has 0 aromatic heterocycles. The first-order valence-corrected chi connectivity index (χ1v) is 4.51. The summed E-state index contributed by atoms with van der Waals surface area (Å²) in [6, 6.07) is -0.396. The molecule has 0 saturated carbocycles. The summed E-state index contributed by atoms with van der Waals surface area (Å²) < 4.78 is 0. The van der Waals surface area contributed by atoms with E-state index >= 15 is 0 Å². The van der Waals surface area contributed by atoms with Crippen LogP contribution in [0.25, 0.3) is 0 Å². The molecule has 0 fully saturated rings. The van der Waals surface area contributed by atoms with Crippen molar-refractivity contribution in [2.75, 3.05) is 6.54 Å². The molecule has 0 aliphatic rings. The Bertz CT molecular complexity index is 240. The lowest BCUT2D eigenvalue weighted by atomic mass is 10.1. The zero-order valence-corrected chi connectivity index (χ0v) is 8.14. The predicted octanol–water partition coefficient (Wildman–Crippen LogP) is 0.578. The SMILES string of the molecule is CC(O)C(CCCCN=C=O)N=C=O. The topological polar surface area (TPSA) is 79.1 Å². The first kappa shape index (κ1) is 12.7. The van der Waals surface area contributed by atoms with Gasteiger partial charge in [0, 0.05) is 0 Å². The Morgan fingerprint density at radius 1 is 1.29 bits per heavy atom. The van der Waals surface area contributed by atoms with Crippen LogP contribution in [0.1, 0.15) is 26.2 Å². The monoisotopic (exact) mass is 198 g/mol. The number of carbonyl (C=O) groups excluding carboxylic acids is 2. The van der Waals surface area contributed by atoms with Crippen LogP contribution in [0.3, 0.4) is 0 Å². The number of aliphatic hydroxyl groups is 1. The quantitative estimate of drug-likeness (QED) is 0.369. The lowest BCUT2D eigenvalue weighted by Gasteiger charge is -2.12. The second-order valence-electron chi connectivity index (χ2n) is 3.00. The molecule has 0 spiro atoms. The van der Waals surface area contributed by atoms with Crippen LogP contribution < -0.4 is 0 Å². The van der Waals surface area contributed by atoms with Crippen LogP contribution in [-0.2, 0) is 9.59 Å². The van der Waals surface area contributed by atoms with E-state index in [4.69, 9.17) is 0 Å². The number of hydrogen-bond donors (Lipinski definition) is 1. The van der Waals surface area contributed by atoms with Crippen LogP contribution in [0.5, 0.6) is 0 Å². The third kappa shape index (κ3) is 6.26. The highest BCUT2D eigenvalue weighted by Gasteiger charge is 2.12. The molecule has 78 valence electrons. The second-order valence-corrected chi connectivity index (χ2v) is 3.00. The van der Waals surface area contributed by atoms with E-state index in [0.29, 0.717) is 13.0 Å². The van der Waals surface area contributed by atoms with Crippen LogP contribution in [0.2, 0.25) is 0 Å². The van der Waals surface area contributed by atoms with Crippen molar-refractivity contribution < 1.29 is 14.7 Å². The van der Waals surface area contributed by atoms with Crippen molar-refractivity contribution in [3.8, 4) is 0 Å². The maximum Gasteiger partial charge on any atom is 0.235 e. The molecule has 0 saturated heterocycles. The van der Waals surface area contributed by atoms with Gasteiger partial charge in [-0.25, -0.2) is 14.6 Å². The Kier molecular flexibility index (Phi) is 7.56. The van der Waals surface area contributed by atoms with Crippen molar-refractivity contribution in [2.45, 2.75) is 38.3 Å². The van der Waals surface area contributed by atoms with Gasteiger partial charge >= 0.3 is 0 Å². The Labute approximate surface area is 82.6 Å². The zero-order chi connectivity index (χ0) is 10.8. The number of unbranched alkanes of at least 4 members (excludes halogenated alkanes) is 1. The van der Waals surface area contributed by atoms with Crippen molar-refractivity contribution in [1.82, 2.24) is 0 Å². The number of nitrogens with zero attached hydrogens (tertiary/aromatic N) is 2. The molecule has 5 nitrogen and oxygen atoms in total. The first-order valence-electron chi connectivity index (χ1n) is 4.51. The van der Waals surface area contributed by atoms with E-state index in [-0.39, 0.29) is 0 Å². The third-order valence-corrected chi connectivity index (χ3v) is 1.86. The molecule has 0 aliphatic carbocycles. The smallest absolute Gasteiger partial charge is 0.235 e. The van der Waals surface area contributed by atoms with E-state index in [1.165, 1.54) is 12.2 Å². The van der Waals surface area contributed by atoms with E-state index in [2.05, 4.69) is 9.98 Å². The standard InChI is InChI=1S/C9H14N2O3/c1-8(14)9(11-7-13)4-2-3-5-10-6-12/h8-9,14H,2-5H2,1H3. The maximum atomic E-state index is 9.98. The molecule has 0 aliphatic heterocycles. The summed E-state index contributed by atoms with van der Waals surface area (Å²) in [5, 5.41) is 9.19. The average molecular weight is 198 g/mol. The van der Waals surface area contributed by atoms with Crippen molar-refractivity contribution in [2.24, 2.45) is 9.98 Å². The molecule has 2 unspecified atom stereocenters. The fourth-order valence-corrected chi connectivity index (χ4v) is 1.07. The average Bonchev–Trinajstić information content (AvgIpc) is 2.15. The fourth-order valence-electron chi connectivity index (χ4n) is 1.07. The van der Waals surface area contributed by atoms with Gasteiger partial charge in [0.05, 0.1) is 18.7 Å². The van der Waals surface area contributed by atoms with Gasteiger partial charge in [-0.3, -0.25) is 0 Å². The molecule has 0 amide bonds. The Morgan fingerprint density at radius 3 is 2.50 bits per heavy atom. The highest BCUT2D eigenvalue weighted by atomic mass is 16.3. The molecule has 5 heteroatoms. The number of aliphatic hydroxyl groups excluding tert-OH is 1. The summed E-state index contributed by atoms with van der Waals surface area (Å²) in [6.45, 7) is 2.01. The normalized spacial score (nSPS) is 13.6. The van der Waals surface area contributed by atoms with Crippen LogP contribution in [0, 0.1) is 0 Å². The van der Waals surface area contributed by atoms with Gasteiger partial charge in [0.2, 0.25) is 12.2 Å². The minimum absolute atomic E-state index is 0.396. The summed E-state index contributed by atoms with van der Waals surface area (Å²) in [6.07, 6.45) is 4.31. The van der Waals surface area contributed by atoms with Crippen LogP contribution in [0.4, 0.5) is 0 Å². The lowest BCUT2D eigenvalue weighted by Crippen LogP contribution is -2.20. The van der Waals surface area contributed by atoms with Gasteiger partial charge < -0.3 is 5.11 Å². The third-order valence-electron chi connectivity index (χ3n) is 1.86. The van der Waals surface area contributed by atoms with Crippen LogP contribution in [0.15, 0.2) is 9.98 Å². The van der Waals surface area contributed by atoms with Crippen molar-refractivity contribution in [1.29, 1.82) is 0 Å². The Morgan fingerprint density at radius 2 is 2.00 bits per heavy atom. The molecule has 0 bridgehead atoms. The zero-order valence-electron chi connectivity index (χ0n) is 8.14. The van der Waals surface area contributed by atoms with Crippen molar-refractivity contribution in [3.63, 3.8) is 0 Å². The molecule has 0 radical (unpaired) electrons. The summed E-state index contributed by atoms with van der Waals surface area (Å²) >= 11 is 0. The number of rotatable bonds is 7. The summed E-state index contributed by atoms with van der Waals surface area (Å²) in [7, 11) is 0. The van der Waals surface area contributed by atoms with E-state index in [1.54, 1.807) is 6.92 Å². The number of isocyanates is 2. The summed E-state index contributed by atoms with van der Waals surface area (Å²) in [5.74, 6) is 0. The molecule has 0 aromatic rings. The van der Waals surface area contributed by atoms with E-state index < -0.39 is 12.1 Å². The van der Waals surface area contributed by atoms with Crippen molar-refractivity contribution in [3.05, 3.63) is 0 Å². The minimum atomic E-state index is -0.647. The van der Waals surface area contributed by atoms with E-state index in [0.717, 1.165) is 12.8 Å². The molecular formula is C9H14N2O3. The first-order chi connectivity index (χ1) is 6.72. The predicted molar refractivity (Wildman–Crippen MR) is 50.4 cm³/mol. The van der Waals surface area contributed by atoms with Gasteiger partial charge in [0.15, 0.2) is 0 Å². The van der Waals surface area contributed by atoms with E-state index in [1.807, 2.05) is 0 Å². The molecule has 0 rings (SSSR count). The fraction of sp³-hybridized carbons (Fsp3) is 0.778. The van der Waals surface area contributed by atoms with Gasteiger partial charge in [-0.05, 0) is 26.2 Å². The molecule has 0 heterocycles. The molecule has 0 aromatic carbocycles. The summed E-state index contributed by atoms with van der Waals surface area (Å²) in [4.78, 5) is 26.6. The van der Waals surface area contributed by atoms with E-state index in [9.17, 15) is 14.7 Å². The summed E-state index contributed by atoms with van der Waals surface area (Å²) in [5.41, 5.74) is 0. The van der Waals surface area contributed by atoms with Gasteiger partial charge in [-0.2, -0.15) is 4.99 Å². The number of aliphatic imine (C=N–C) groups is 2. The molecular weight excluding hydrogens is 184 g/mol. The van der Waals surface area contributed by atoms with Crippen LogP contribution >= 0.6 is 0 Å². The Balaban J connectivity index is 3.71. The van der Waals surface area contributed by atoms with Crippen molar-refractivity contribution >= 4 is 12.2 Å². The number of hydrogen-bond acceptors (Lipinski definition) is 5. The van der Waals surface area contributed by atoms with Gasteiger partial charge in [-0.15, -0.1) is 0 Å². The minimum Gasteiger partial charge on any atom is -0.391 e.